The molecule has 0 radical (unpaired) electrons. The Hall–Kier alpha value is -1.36. The monoisotopic (exact) mass is 281 g/mol. The number of carbonyl (C=O) groups is 2. The molecule has 1 aromatic rings. The summed E-state index contributed by atoms with van der Waals surface area (Å²) >= 11 is 1.24. The fourth-order valence-electron chi connectivity index (χ4n) is 2.25. The fourth-order valence-corrected chi connectivity index (χ4v) is 2.94. The topological polar surface area (TPSA) is 37.4 Å². The number of anilines is 1. The molecule has 3 nitrogen and oxygen atoms in total. The summed E-state index contributed by atoms with van der Waals surface area (Å²) in [5, 5.41) is 0.0625. The molecule has 0 aromatic heterocycles. The lowest BCUT2D eigenvalue weighted by atomic mass is 10.1. The molecule has 19 heavy (non-hydrogen) atoms. The molecular weight excluding hydrogens is 265 g/mol. The van der Waals surface area contributed by atoms with Crippen molar-refractivity contribution < 1.29 is 14.0 Å². The van der Waals surface area contributed by atoms with Crippen LogP contribution in [0.4, 0.5) is 10.1 Å². The number of aryl methyl sites for hydroxylation is 1. The highest BCUT2D eigenvalue weighted by Gasteiger charge is 2.31. The lowest BCUT2D eigenvalue weighted by Gasteiger charge is -2.17. The Morgan fingerprint density at radius 1 is 1.47 bits per heavy atom. The van der Waals surface area contributed by atoms with Gasteiger partial charge in [-0.05, 0) is 36.6 Å². The molecule has 1 saturated heterocycles. The van der Waals surface area contributed by atoms with Crippen molar-refractivity contribution in [2.24, 2.45) is 5.92 Å². The van der Waals surface area contributed by atoms with Crippen LogP contribution in [0.25, 0.3) is 0 Å². The van der Waals surface area contributed by atoms with Crippen molar-refractivity contribution in [2.45, 2.75) is 20.3 Å². The maximum atomic E-state index is 13.4. The van der Waals surface area contributed by atoms with Crippen molar-refractivity contribution in [1.82, 2.24) is 0 Å². The van der Waals surface area contributed by atoms with Crippen molar-refractivity contribution in [2.75, 3.05) is 17.2 Å². The lowest BCUT2D eigenvalue weighted by Crippen LogP contribution is -2.25. The van der Waals surface area contributed by atoms with Crippen molar-refractivity contribution in [3.8, 4) is 0 Å². The maximum Gasteiger partial charge on any atom is 0.227 e. The van der Waals surface area contributed by atoms with Gasteiger partial charge < -0.3 is 4.90 Å². The van der Waals surface area contributed by atoms with Crippen LogP contribution in [0.2, 0.25) is 0 Å². The second-order valence-corrected chi connectivity index (χ2v) is 6.06. The summed E-state index contributed by atoms with van der Waals surface area (Å²) < 4.78 is 13.4. The quantitative estimate of drug-likeness (QED) is 0.855. The molecule has 0 N–H and O–H groups in total. The zero-order valence-corrected chi connectivity index (χ0v) is 11.8. The average Bonchev–Trinajstić information content (AvgIpc) is 2.66. The maximum absolute atomic E-state index is 13.4. The molecule has 1 aromatic carbocycles. The zero-order valence-electron chi connectivity index (χ0n) is 11.0. The van der Waals surface area contributed by atoms with Crippen LogP contribution in [-0.2, 0) is 9.59 Å². The highest BCUT2D eigenvalue weighted by atomic mass is 32.2. The summed E-state index contributed by atoms with van der Waals surface area (Å²) in [6, 6.07) is 4.63. The van der Waals surface area contributed by atoms with Crippen LogP contribution in [0.5, 0.6) is 0 Å². The summed E-state index contributed by atoms with van der Waals surface area (Å²) in [5.74, 6) is 0.472. The molecule has 0 bridgehead atoms. The van der Waals surface area contributed by atoms with Gasteiger partial charge in [-0.1, -0.05) is 11.8 Å². The van der Waals surface area contributed by atoms with Crippen LogP contribution < -0.4 is 4.90 Å². The molecule has 1 amide bonds. The van der Waals surface area contributed by atoms with E-state index in [9.17, 15) is 14.0 Å². The van der Waals surface area contributed by atoms with E-state index >= 15 is 0 Å². The summed E-state index contributed by atoms with van der Waals surface area (Å²) in [4.78, 5) is 24.5. The summed E-state index contributed by atoms with van der Waals surface area (Å²) in [7, 11) is 0. The first-order valence-corrected chi connectivity index (χ1v) is 7.15. The smallest absolute Gasteiger partial charge is 0.227 e. The van der Waals surface area contributed by atoms with Crippen molar-refractivity contribution >= 4 is 28.5 Å². The Kier molecular flexibility index (Phi) is 4.24. The van der Waals surface area contributed by atoms with Crippen molar-refractivity contribution in [1.29, 1.82) is 0 Å². The van der Waals surface area contributed by atoms with Gasteiger partial charge in [0.15, 0.2) is 5.12 Å². The van der Waals surface area contributed by atoms with E-state index in [1.165, 1.54) is 30.8 Å². The third-order valence-electron chi connectivity index (χ3n) is 3.07. The Bertz CT molecular complexity index is 498. The summed E-state index contributed by atoms with van der Waals surface area (Å²) in [6.07, 6.45) is 0.426. The Labute approximate surface area is 116 Å². The molecule has 1 aliphatic heterocycles. The van der Waals surface area contributed by atoms with Crippen molar-refractivity contribution in [3.63, 3.8) is 0 Å². The van der Waals surface area contributed by atoms with E-state index < -0.39 is 0 Å². The van der Waals surface area contributed by atoms with E-state index in [-0.39, 0.29) is 22.8 Å². The molecule has 102 valence electrons. The largest absolute Gasteiger partial charge is 0.312 e. The van der Waals surface area contributed by atoms with Crippen LogP contribution in [0.15, 0.2) is 18.2 Å². The minimum absolute atomic E-state index is 0.000785. The Morgan fingerprint density at radius 2 is 2.21 bits per heavy atom. The van der Waals surface area contributed by atoms with E-state index in [0.29, 0.717) is 24.4 Å². The third kappa shape index (κ3) is 3.56. The van der Waals surface area contributed by atoms with E-state index in [1.54, 1.807) is 11.8 Å². The van der Waals surface area contributed by atoms with E-state index in [1.807, 2.05) is 6.07 Å². The normalized spacial score (nSPS) is 19.0. The number of rotatable bonds is 3. The third-order valence-corrected chi connectivity index (χ3v) is 4.11. The van der Waals surface area contributed by atoms with Crippen LogP contribution >= 0.6 is 11.8 Å². The predicted octanol–water partition coefficient (Wildman–Crippen LogP) is 2.77. The minimum Gasteiger partial charge on any atom is -0.312 e. The summed E-state index contributed by atoms with van der Waals surface area (Å²) in [5.41, 5.74) is 1.40. The number of nitrogens with zero attached hydrogens (tertiary/aromatic N) is 1. The fraction of sp³-hybridized carbons (Fsp3) is 0.429. The molecule has 5 heteroatoms. The van der Waals surface area contributed by atoms with Gasteiger partial charge in [0.05, 0.1) is 0 Å². The molecule has 2 rings (SSSR count). The Morgan fingerprint density at radius 3 is 2.84 bits per heavy atom. The van der Waals surface area contributed by atoms with Crippen molar-refractivity contribution in [3.05, 3.63) is 29.6 Å². The van der Waals surface area contributed by atoms with Crippen LogP contribution in [0, 0.1) is 18.7 Å². The second kappa shape index (κ2) is 5.74. The molecule has 1 atom stereocenters. The first-order valence-electron chi connectivity index (χ1n) is 6.16. The molecule has 1 unspecified atom stereocenters. The average molecular weight is 281 g/mol. The molecule has 0 spiro atoms. The van der Waals surface area contributed by atoms with E-state index in [4.69, 9.17) is 0 Å². The van der Waals surface area contributed by atoms with Crippen LogP contribution in [0.1, 0.15) is 18.9 Å². The molecular formula is C14H16FNO2S. The summed E-state index contributed by atoms with van der Waals surface area (Å²) in [6.45, 7) is 3.88. The van der Waals surface area contributed by atoms with Crippen LogP contribution in [-0.4, -0.2) is 23.3 Å². The molecule has 0 saturated carbocycles. The van der Waals surface area contributed by atoms with Gasteiger partial charge >= 0.3 is 0 Å². The van der Waals surface area contributed by atoms with E-state index in [2.05, 4.69) is 0 Å². The van der Waals surface area contributed by atoms with Gasteiger partial charge in [-0.25, -0.2) is 4.39 Å². The first-order chi connectivity index (χ1) is 8.95. The first kappa shape index (κ1) is 14.1. The number of hydrogen-bond acceptors (Lipinski definition) is 3. The van der Waals surface area contributed by atoms with Gasteiger partial charge in [-0.2, -0.15) is 0 Å². The SMILES string of the molecule is CC(=O)SCC1CC(=O)N(c2cc(C)cc(F)c2)C1. The van der Waals surface area contributed by atoms with Gasteiger partial charge in [-0.3, -0.25) is 9.59 Å². The number of carbonyl (C=O) groups excluding carboxylic acids is 2. The second-order valence-electron chi connectivity index (χ2n) is 4.86. The van der Waals surface area contributed by atoms with Gasteiger partial charge in [0, 0.05) is 31.3 Å². The van der Waals surface area contributed by atoms with E-state index in [0.717, 1.165) is 5.56 Å². The highest BCUT2D eigenvalue weighted by molar-refractivity contribution is 8.13. The minimum atomic E-state index is -0.329. The van der Waals surface area contributed by atoms with Gasteiger partial charge in [0.1, 0.15) is 5.82 Å². The van der Waals surface area contributed by atoms with Gasteiger partial charge in [0.2, 0.25) is 5.91 Å². The lowest BCUT2D eigenvalue weighted by molar-refractivity contribution is -0.117. The number of amides is 1. The number of benzene rings is 1. The zero-order chi connectivity index (χ0) is 14.0. The Balaban J connectivity index is 2.09. The highest BCUT2D eigenvalue weighted by Crippen LogP contribution is 2.28. The predicted molar refractivity (Wildman–Crippen MR) is 74.7 cm³/mol. The standard InChI is InChI=1S/C14H16FNO2S/c1-9-3-12(15)6-13(4-9)16-7-11(5-14(16)18)8-19-10(2)17/h3-4,6,11H,5,7-8H2,1-2H3. The molecule has 1 heterocycles. The molecule has 1 aliphatic rings. The van der Waals surface area contributed by atoms with Gasteiger partial charge in [0.25, 0.3) is 0 Å². The number of thioether (sulfide) groups is 1. The van der Waals surface area contributed by atoms with Gasteiger partial charge in [-0.15, -0.1) is 0 Å². The molecule has 0 aliphatic carbocycles. The number of hydrogen-bond donors (Lipinski definition) is 0. The van der Waals surface area contributed by atoms with Crippen LogP contribution in [0.3, 0.4) is 0 Å². The molecule has 1 fully saturated rings. The number of halogens is 1.